The Hall–Kier alpha value is -3.69. The van der Waals surface area contributed by atoms with Crippen LogP contribution < -0.4 is 5.73 Å². The number of pyridine rings is 1. The predicted octanol–water partition coefficient (Wildman–Crippen LogP) is 4.38. The summed E-state index contributed by atoms with van der Waals surface area (Å²) < 4.78 is 14.5. The molecule has 1 atom stereocenters. The predicted molar refractivity (Wildman–Crippen MR) is 129 cm³/mol. The highest BCUT2D eigenvalue weighted by atomic mass is 79.9. The van der Waals surface area contributed by atoms with E-state index in [1.807, 2.05) is 18.2 Å². The largest absolute Gasteiger partial charge is 0.394 e. The number of carbonyl (C=O) groups is 1. The first-order valence-electron chi connectivity index (χ1n) is 10.5. The fourth-order valence-corrected chi connectivity index (χ4v) is 4.65. The summed E-state index contributed by atoms with van der Waals surface area (Å²) in [5.41, 5.74) is 10.7. The highest BCUT2D eigenvalue weighted by Gasteiger charge is 2.34. The minimum Gasteiger partial charge on any atom is -0.394 e. The van der Waals surface area contributed by atoms with Gasteiger partial charge in [-0.05, 0) is 53.6 Å². The van der Waals surface area contributed by atoms with E-state index in [1.165, 1.54) is 17.0 Å². The first kappa shape index (κ1) is 22.1. The number of nitrogens with zero attached hydrogens (tertiary/aromatic N) is 4. The van der Waals surface area contributed by atoms with Gasteiger partial charge in [0.2, 0.25) is 0 Å². The monoisotopic (exact) mass is 519 g/mol. The molecule has 0 saturated heterocycles. The second-order valence-corrected chi connectivity index (χ2v) is 8.85. The van der Waals surface area contributed by atoms with E-state index in [4.69, 9.17) is 10.7 Å². The Bertz CT molecular complexity index is 1380. The lowest BCUT2D eigenvalue weighted by atomic mass is 10.0. The molecule has 1 amide bonds. The molecule has 170 valence electrons. The van der Waals surface area contributed by atoms with Crippen molar-refractivity contribution in [1.29, 1.82) is 0 Å². The van der Waals surface area contributed by atoms with Crippen molar-refractivity contribution >= 4 is 27.7 Å². The molecule has 3 heterocycles. The van der Waals surface area contributed by atoms with Crippen LogP contribution in [0, 0.1) is 5.82 Å². The number of anilines is 1. The van der Waals surface area contributed by atoms with E-state index in [1.54, 1.807) is 36.8 Å². The maximum atomic E-state index is 14.0. The number of aliphatic hydroxyl groups is 1. The van der Waals surface area contributed by atoms with Gasteiger partial charge in [0.05, 0.1) is 24.5 Å². The van der Waals surface area contributed by atoms with Crippen LogP contribution in [0.1, 0.15) is 27.5 Å². The molecule has 0 unspecified atom stereocenters. The van der Waals surface area contributed by atoms with E-state index in [-0.39, 0.29) is 24.9 Å². The number of aliphatic hydroxyl groups excluding tert-OH is 1. The molecule has 1 aliphatic rings. The number of benzene rings is 2. The molecule has 2 aromatic heterocycles. The maximum Gasteiger partial charge on any atom is 0.255 e. The average Bonchev–Trinajstić information content (AvgIpc) is 3.15. The van der Waals surface area contributed by atoms with Crippen molar-refractivity contribution in [2.75, 3.05) is 12.3 Å². The molecule has 7 nitrogen and oxygen atoms in total. The molecule has 34 heavy (non-hydrogen) atoms. The topological polar surface area (TPSA) is 105 Å². The van der Waals surface area contributed by atoms with Crippen LogP contribution in [0.4, 0.5) is 10.2 Å². The Labute approximate surface area is 203 Å². The number of hydrogen-bond donors (Lipinski definition) is 2. The highest BCUT2D eigenvalue weighted by molar-refractivity contribution is 9.10. The summed E-state index contributed by atoms with van der Waals surface area (Å²) in [4.78, 5) is 27.7. The van der Waals surface area contributed by atoms with Crippen molar-refractivity contribution in [3.05, 3.63) is 94.1 Å². The number of amides is 1. The number of aromatic nitrogens is 3. The summed E-state index contributed by atoms with van der Waals surface area (Å²) in [7, 11) is 0. The lowest BCUT2D eigenvalue weighted by Crippen LogP contribution is -2.31. The lowest BCUT2D eigenvalue weighted by molar-refractivity contribution is 0.0615. The molecule has 0 bridgehead atoms. The third-order valence-corrected chi connectivity index (χ3v) is 6.26. The third-order valence-electron chi connectivity index (χ3n) is 5.81. The fraction of sp³-hybridized carbons (Fsp3) is 0.120. The summed E-state index contributed by atoms with van der Waals surface area (Å²) >= 11 is 3.27. The Morgan fingerprint density at radius 1 is 1.12 bits per heavy atom. The Balaban J connectivity index is 1.49. The Morgan fingerprint density at radius 2 is 1.91 bits per heavy atom. The number of rotatable bonds is 5. The third kappa shape index (κ3) is 4.04. The van der Waals surface area contributed by atoms with Crippen LogP contribution in [0.25, 0.3) is 22.5 Å². The van der Waals surface area contributed by atoms with Gasteiger partial charge in [0.1, 0.15) is 17.3 Å². The van der Waals surface area contributed by atoms with E-state index >= 15 is 0 Å². The maximum absolute atomic E-state index is 14.0. The molecule has 4 aromatic rings. The van der Waals surface area contributed by atoms with E-state index in [2.05, 4.69) is 25.9 Å². The van der Waals surface area contributed by atoms with Gasteiger partial charge in [-0.3, -0.25) is 9.78 Å². The lowest BCUT2D eigenvalue weighted by Gasteiger charge is -2.26. The summed E-state index contributed by atoms with van der Waals surface area (Å²) in [6.07, 6.45) is 4.96. The van der Waals surface area contributed by atoms with Crippen molar-refractivity contribution in [2.45, 2.75) is 12.6 Å². The Morgan fingerprint density at radius 3 is 2.65 bits per heavy atom. The van der Waals surface area contributed by atoms with Gasteiger partial charge in [0, 0.05) is 40.1 Å². The van der Waals surface area contributed by atoms with Gasteiger partial charge in [0.25, 0.3) is 5.91 Å². The first-order chi connectivity index (χ1) is 16.4. The Kier molecular flexibility index (Phi) is 5.80. The number of nitrogens with two attached hydrogens (primary N) is 1. The van der Waals surface area contributed by atoms with Crippen LogP contribution in [0.5, 0.6) is 0 Å². The average molecular weight is 520 g/mol. The van der Waals surface area contributed by atoms with Crippen LogP contribution in [0.15, 0.2) is 71.6 Å². The minimum atomic E-state index is -0.685. The zero-order chi connectivity index (χ0) is 23.8. The number of fused-ring (bicyclic) bond motifs is 1. The minimum absolute atomic E-state index is 0.231. The smallest absolute Gasteiger partial charge is 0.255 e. The van der Waals surface area contributed by atoms with Gasteiger partial charge in [-0.1, -0.05) is 22.0 Å². The molecule has 1 aliphatic heterocycles. The van der Waals surface area contributed by atoms with Crippen molar-refractivity contribution in [1.82, 2.24) is 19.9 Å². The second kappa shape index (κ2) is 8.92. The fourth-order valence-electron chi connectivity index (χ4n) is 4.17. The summed E-state index contributed by atoms with van der Waals surface area (Å²) in [6.45, 7) is -0.0758. The van der Waals surface area contributed by atoms with Crippen molar-refractivity contribution < 1.29 is 14.3 Å². The number of halogens is 2. The van der Waals surface area contributed by atoms with Crippen LogP contribution in [0.2, 0.25) is 0 Å². The normalized spacial score (nSPS) is 13.7. The van der Waals surface area contributed by atoms with Gasteiger partial charge in [-0.2, -0.15) is 0 Å². The quantitative estimate of drug-likeness (QED) is 0.405. The molecule has 0 spiro atoms. The standard InChI is InChI=1S/C25H19BrFN5O2/c26-18-8-16(9-19(27)10-18)22(13-33)32-12-17-7-15(1-2-20(17)25(32)34)23-24(28)30-11-21(31-23)14-3-5-29-6-4-14/h1-11,22,33H,12-13H2,(H2,28,30)/t22-/m1/s1. The van der Waals surface area contributed by atoms with Crippen molar-refractivity contribution in [3.8, 4) is 22.5 Å². The summed E-state index contributed by atoms with van der Waals surface area (Å²) in [5.74, 6) is -0.403. The molecule has 0 fully saturated rings. The van der Waals surface area contributed by atoms with Gasteiger partial charge >= 0.3 is 0 Å². The molecule has 3 N–H and O–H groups in total. The molecule has 9 heteroatoms. The summed E-state index contributed by atoms with van der Waals surface area (Å²) in [6, 6.07) is 12.7. The van der Waals surface area contributed by atoms with Crippen LogP contribution in [0.3, 0.4) is 0 Å². The molecule has 0 aliphatic carbocycles. The molecule has 2 aromatic carbocycles. The number of hydrogen-bond acceptors (Lipinski definition) is 6. The molecular formula is C25H19BrFN5O2. The zero-order valence-corrected chi connectivity index (χ0v) is 19.4. The first-order valence-corrected chi connectivity index (χ1v) is 11.3. The van der Waals surface area contributed by atoms with E-state index in [0.29, 0.717) is 27.0 Å². The highest BCUT2D eigenvalue weighted by Crippen LogP contribution is 2.35. The second-order valence-electron chi connectivity index (χ2n) is 7.93. The van der Waals surface area contributed by atoms with E-state index < -0.39 is 11.9 Å². The number of carbonyl (C=O) groups excluding carboxylic acids is 1. The van der Waals surface area contributed by atoms with E-state index in [0.717, 1.165) is 16.7 Å². The van der Waals surface area contributed by atoms with Crippen LogP contribution in [-0.4, -0.2) is 37.5 Å². The van der Waals surface area contributed by atoms with Gasteiger partial charge in [0.15, 0.2) is 0 Å². The summed E-state index contributed by atoms with van der Waals surface area (Å²) in [5, 5.41) is 10.1. The van der Waals surface area contributed by atoms with Crippen molar-refractivity contribution in [2.24, 2.45) is 0 Å². The SMILES string of the molecule is Nc1ncc(-c2ccncc2)nc1-c1ccc2c(c1)CN([C@H](CO)c1cc(F)cc(Br)c1)C2=O. The molecule has 0 saturated carbocycles. The molecular weight excluding hydrogens is 501 g/mol. The van der Waals surface area contributed by atoms with Crippen LogP contribution in [-0.2, 0) is 6.54 Å². The van der Waals surface area contributed by atoms with Crippen molar-refractivity contribution in [3.63, 3.8) is 0 Å². The molecule has 5 rings (SSSR count). The number of nitrogen functional groups attached to an aromatic ring is 1. The van der Waals surface area contributed by atoms with Crippen LogP contribution >= 0.6 is 15.9 Å². The molecule has 0 radical (unpaired) electrons. The van der Waals surface area contributed by atoms with E-state index in [9.17, 15) is 14.3 Å². The van der Waals surface area contributed by atoms with Gasteiger partial charge in [-0.15, -0.1) is 0 Å². The van der Waals surface area contributed by atoms with Gasteiger partial charge in [-0.25, -0.2) is 14.4 Å². The van der Waals surface area contributed by atoms with Gasteiger partial charge < -0.3 is 15.7 Å². The zero-order valence-electron chi connectivity index (χ0n) is 17.8.